The highest BCUT2D eigenvalue weighted by Gasteiger charge is 2.18. The van der Waals surface area contributed by atoms with Crippen molar-refractivity contribution < 1.29 is 4.42 Å². The van der Waals surface area contributed by atoms with Gasteiger partial charge in [-0.25, -0.2) is 0 Å². The maximum atomic E-state index is 6.30. The summed E-state index contributed by atoms with van der Waals surface area (Å²) in [6.07, 6.45) is 0.885. The number of nitrogens with zero attached hydrogens (tertiary/aromatic N) is 2. The molecule has 0 saturated heterocycles. The van der Waals surface area contributed by atoms with E-state index in [4.69, 9.17) is 21.8 Å². The fourth-order valence-electron chi connectivity index (χ4n) is 2.34. The lowest BCUT2D eigenvalue weighted by atomic mass is 10.1. The van der Waals surface area contributed by atoms with Gasteiger partial charge < -0.3 is 10.2 Å². The molecule has 0 aliphatic heterocycles. The molecule has 104 valence electrons. The number of hydrogen-bond donors (Lipinski definition) is 1. The van der Waals surface area contributed by atoms with E-state index in [1.807, 2.05) is 42.1 Å². The second-order valence-electron chi connectivity index (χ2n) is 4.85. The Bertz CT molecular complexity index is 760. The van der Waals surface area contributed by atoms with Crippen molar-refractivity contribution in [2.75, 3.05) is 0 Å². The van der Waals surface area contributed by atoms with Crippen LogP contribution < -0.4 is 5.73 Å². The lowest BCUT2D eigenvalue weighted by molar-refractivity contribution is 0.509. The molecule has 3 rings (SSSR count). The van der Waals surface area contributed by atoms with Crippen LogP contribution in [-0.4, -0.2) is 9.78 Å². The fourth-order valence-corrected chi connectivity index (χ4v) is 2.52. The molecule has 1 atom stereocenters. The van der Waals surface area contributed by atoms with E-state index in [1.165, 1.54) is 0 Å². The van der Waals surface area contributed by atoms with Crippen molar-refractivity contribution in [1.82, 2.24) is 9.78 Å². The van der Waals surface area contributed by atoms with E-state index in [0.29, 0.717) is 10.8 Å². The molecule has 2 heterocycles. The molecule has 0 spiro atoms. The number of hydrogen-bond acceptors (Lipinski definition) is 3. The summed E-state index contributed by atoms with van der Waals surface area (Å²) in [5, 5.41) is 6.06. The molecular formula is C15H16ClN3O. The number of rotatable bonds is 3. The highest BCUT2D eigenvalue weighted by atomic mass is 35.5. The van der Waals surface area contributed by atoms with Crippen LogP contribution in [-0.2, 0) is 13.5 Å². The summed E-state index contributed by atoms with van der Waals surface area (Å²) in [7, 11) is 1.90. The Labute approximate surface area is 122 Å². The van der Waals surface area contributed by atoms with Gasteiger partial charge in [-0.05, 0) is 36.8 Å². The lowest BCUT2D eigenvalue weighted by Gasteiger charge is -2.08. The highest BCUT2D eigenvalue weighted by Crippen LogP contribution is 2.28. The van der Waals surface area contributed by atoms with Gasteiger partial charge in [-0.2, -0.15) is 5.10 Å². The molecule has 0 bridgehead atoms. The predicted molar refractivity (Wildman–Crippen MR) is 79.8 cm³/mol. The maximum Gasteiger partial charge on any atom is 0.134 e. The van der Waals surface area contributed by atoms with Gasteiger partial charge in [0.15, 0.2) is 0 Å². The quantitative estimate of drug-likeness (QED) is 0.803. The summed E-state index contributed by atoms with van der Waals surface area (Å²) in [6.45, 7) is 2.07. The third kappa shape index (κ3) is 2.21. The Kier molecular flexibility index (Phi) is 3.28. The monoisotopic (exact) mass is 289 g/mol. The zero-order valence-corrected chi connectivity index (χ0v) is 12.2. The Morgan fingerprint density at radius 1 is 1.35 bits per heavy atom. The van der Waals surface area contributed by atoms with Gasteiger partial charge in [0.25, 0.3) is 0 Å². The van der Waals surface area contributed by atoms with Crippen molar-refractivity contribution >= 4 is 22.6 Å². The summed E-state index contributed by atoms with van der Waals surface area (Å²) in [6, 6.07) is 9.16. The Balaban J connectivity index is 2.02. The average molecular weight is 290 g/mol. The average Bonchev–Trinajstić information content (AvgIpc) is 3.00. The number of furan rings is 1. The molecule has 5 heteroatoms. The maximum absolute atomic E-state index is 6.30. The molecule has 20 heavy (non-hydrogen) atoms. The third-order valence-electron chi connectivity index (χ3n) is 3.45. The Hall–Kier alpha value is -1.78. The lowest BCUT2D eigenvalue weighted by Crippen LogP contribution is -2.15. The number of nitrogens with two attached hydrogens (primary N) is 1. The smallest absolute Gasteiger partial charge is 0.134 e. The van der Waals surface area contributed by atoms with Crippen LogP contribution in [0.5, 0.6) is 0 Å². The van der Waals surface area contributed by atoms with Gasteiger partial charge >= 0.3 is 0 Å². The zero-order valence-electron chi connectivity index (χ0n) is 11.4. The minimum atomic E-state index is -0.334. The van der Waals surface area contributed by atoms with Gasteiger partial charge in [-0.1, -0.05) is 18.5 Å². The van der Waals surface area contributed by atoms with E-state index in [9.17, 15) is 0 Å². The van der Waals surface area contributed by atoms with Crippen molar-refractivity contribution in [2.45, 2.75) is 19.4 Å². The van der Waals surface area contributed by atoms with Crippen molar-refractivity contribution in [3.63, 3.8) is 0 Å². The van der Waals surface area contributed by atoms with E-state index in [-0.39, 0.29) is 6.04 Å². The molecule has 2 aromatic heterocycles. The Morgan fingerprint density at radius 2 is 2.15 bits per heavy atom. The first-order valence-electron chi connectivity index (χ1n) is 6.56. The van der Waals surface area contributed by atoms with Crippen LogP contribution >= 0.6 is 11.6 Å². The first kappa shape index (κ1) is 13.2. The molecule has 0 fully saturated rings. The van der Waals surface area contributed by atoms with Crippen molar-refractivity contribution in [3.05, 3.63) is 52.5 Å². The number of fused-ring (bicyclic) bond motifs is 1. The van der Waals surface area contributed by atoms with Crippen LogP contribution in [0.4, 0.5) is 0 Å². The van der Waals surface area contributed by atoms with E-state index in [1.54, 1.807) is 0 Å². The van der Waals surface area contributed by atoms with Gasteiger partial charge in [0, 0.05) is 17.5 Å². The molecule has 0 aliphatic rings. The number of halogens is 1. The molecule has 1 unspecified atom stereocenters. The molecule has 0 amide bonds. The first-order valence-corrected chi connectivity index (χ1v) is 6.93. The Morgan fingerprint density at radius 3 is 2.85 bits per heavy atom. The topological polar surface area (TPSA) is 57.0 Å². The van der Waals surface area contributed by atoms with Crippen LogP contribution in [0, 0.1) is 0 Å². The van der Waals surface area contributed by atoms with Crippen molar-refractivity contribution in [3.8, 4) is 0 Å². The summed E-state index contributed by atoms with van der Waals surface area (Å²) in [5.41, 5.74) is 9.05. The highest BCUT2D eigenvalue weighted by molar-refractivity contribution is 6.31. The van der Waals surface area contributed by atoms with E-state index in [0.717, 1.165) is 28.8 Å². The standard InChI is InChI=1S/C15H16ClN3O/c1-3-11-8-12(19(2)18-11)15(17)14-7-9-6-10(16)4-5-13(9)20-14/h4-8,15H,3,17H2,1-2H3. The van der Waals surface area contributed by atoms with Crippen molar-refractivity contribution in [1.29, 1.82) is 0 Å². The number of benzene rings is 1. The molecule has 0 aliphatic carbocycles. The van der Waals surface area contributed by atoms with E-state index in [2.05, 4.69) is 12.0 Å². The summed E-state index contributed by atoms with van der Waals surface area (Å²) in [5.74, 6) is 0.716. The normalized spacial score (nSPS) is 13.0. The predicted octanol–water partition coefficient (Wildman–Crippen LogP) is 3.43. The first-order chi connectivity index (χ1) is 9.58. The molecule has 2 N–H and O–H groups in total. The summed E-state index contributed by atoms with van der Waals surface area (Å²) in [4.78, 5) is 0. The molecule has 1 aromatic carbocycles. The second-order valence-corrected chi connectivity index (χ2v) is 5.28. The van der Waals surface area contributed by atoms with Crippen LogP contribution in [0.3, 0.4) is 0 Å². The molecular weight excluding hydrogens is 274 g/mol. The van der Waals surface area contributed by atoms with Crippen LogP contribution in [0.15, 0.2) is 34.7 Å². The van der Waals surface area contributed by atoms with Gasteiger partial charge in [0.05, 0.1) is 11.4 Å². The van der Waals surface area contributed by atoms with E-state index < -0.39 is 0 Å². The molecule has 0 saturated carbocycles. The molecule has 3 aromatic rings. The van der Waals surface area contributed by atoms with Gasteiger partial charge in [-0.3, -0.25) is 4.68 Å². The van der Waals surface area contributed by atoms with Gasteiger partial charge in [0.1, 0.15) is 17.4 Å². The third-order valence-corrected chi connectivity index (χ3v) is 3.69. The molecule has 0 radical (unpaired) electrons. The summed E-state index contributed by atoms with van der Waals surface area (Å²) >= 11 is 5.98. The number of aryl methyl sites for hydroxylation is 2. The zero-order chi connectivity index (χ0) is 14.3. The number of aromatic nitrogens is 2. The van der Waals surface area contributed by atoms with Crippen molar-refractivity contribution in [2.24, 2.45) is 12.8 Å². The van der Waals surface area contributed by atoms with Crippen LogP contribution in [0.1, 0.15) is 30.1 Å². The van der Waals surface area contributed by atoms with Crippen LogP contribution in [0.2, 0.25) is 5.02 Å². The summed E-state index contributed by atoms with van der Waals surface area (Å²) < 4.78 is 7.62. The van der Waals surface area contributed by atoms with Gasteiger partial charge in [-0.15, -0.1) is 0 Å². The SMILES string of the molecule is CCc1cc(C(N)c2cc3cc(Cl)ccc3o2)n(C)n1. The molecule has 4 nitrogen and oxygen atoms in total. The minimum Gasteiger partial charge on any atom is -0.459 e. The minimum absolute atomic E-state index is 0.334. The largest absolute Gasteiger partial charge is 0.459 e. The fraction of sp³-hybridized carbons (Fsp3) is 0.267. The van der Waals surface area contributed by atoms with Gasteiger partial charge in [0.2, 0.25) is 0 Å². The van der Waals surface area contributed by atoms with E-state index >= 15 is 0 Å². The second kappa shape index (κ2) is 4.96. The van der Waals surface area contributed by atoms with Crippen LogP contribution in [0.25, 0.3) is 11.0 Å².